The second-order valence-electron chi connectivity index (χ2n) is 20.6. The van der Waals surface area contributed by atoms with Crippen molar-refractivity contribution < 1.29 is 42.1 Å². The topological polar surface area (TPSA) is 111 Å². The Morgan fingerprint density at radius 1 is 0.438 bits per heavy atom. The first kappa shape index (κ1) is 69.9. The van der Waals surface area contributed by atoms with Crippen LogP contribution in [-0.2, 0) is 32.7 Å². The third-order valence-electron chi connectivity index (χ3n) is 12.3. The van der Waals surface area contributed by atoms with Crippen LogP contribution in [0.15, 0.2) is 97.2 Å². The third kappa shape index (κ3) is 58.1. The van der Waals surface area contributed by atoms with E-state index in [1.807, 2.05) is 21.1 Å². The van der Waals surface area contributed by atoms with Crippen LogP contribution in [0.3, 0.4) is 0 Å². The minimum atomic E-state index is -4.64. The highest BCUT2D eigenvalue weighted by molar-refractivity contribution is 7.45. The van der Waals surface area contributed by atoms with Gasteiger partial charge in [0.1, 0.15) is 19.8 Å². The molecular weight excluding hydrogens is 930 g/mol. The predicted octanol–water partition coefficient (Wildman–Crippen LogP) is 17.8. The Bertz CT molecular complexity index is 1550. The molecule has 0 amide bonds. The van der Waals surface area contributed by atoms with Gasteiger partial charge in [-0.05, 0) is 89.9 Å². The molecule has 0 fully saturated rings. The van der Waals surface area contributed by atoms with Crippen molar-refractivity contribution in [2.45, 2.75) is 245 Å². The summed E-state index contributed by atoms with van der Waals surface area (Å²) in [4.78, 5) is 37.8. The number of carbonyl (C=O) groups excluding carboxylic acids is 2. The van der Waals surface area contributed by atoms with Gasteiger partial charge in [-0.2, -0.15) is 0 Å². The van der Waals surface area contributed by atoms with E-state index in [4.69, 9.17) is 18.5 Å². The summed E-state index contributed by atoms with van der Waals surface area (Å²) in [6, 6.07) is 0. The number of phosphoric ester groups is 1. The van der Waals surface area contributed by atoms with Gasteiger partial charge >= 0.3 is 11.9 Å². The molecule has 0 spiro atoms. The average molecular weight is 1040 g/mol. The number of carbonyl (C=O) groups is 2. The average Bonchev–Trinajstić information content (AvgIpc) is 3.35. The maximum atomic E-state index is 12.8. The van der Waals surface area contributed by atoms with E-state index in [1.54, 1.807) is 0 Å². The van der Waals surface area contributed by atoms with Gasteiger partial charge in [0.25, 0.3) is 7.82 Å². The van der Waals surface area contributed by atoms with Crippen LogP contribution >= 0.6 is 7.82 Å². The van der Waals surface area contributed by atoms with Crippen LogP contribution in [-0.4, -0.2) is 70.0 Å². The molecule has 0 rings (SSSR count). The molecular formula is C63H110NO8P. The maximum absolute atomic E-state index is 12.8. The molecule has 0 saturated heterocycles. The number of rotatable bonds is 53. The van der Waals surface area contributed by atoms with E-state index in [0.29, 0.717) is 23.9 Å². The predicted molar refractivity (Wildman–Crippen MR) is 309 cm³/mol. The number of unbranched alkanes of at least 4 members (excludes halogenated alkanes) is 23. The van der Waals surface area contributed by atoms with Crippen LogP contribution in [0.2, 0.25) is 0 Å². The van der Waals surface area contributed by atoms with Crippen LogP contribution in [0.5, 0.6) is 0 Å². The monoisotopic (exact) mass is 1040 g/mol. The highest BCUT2D eigenvalue weighted by Crippen LogP contribution is 2.38. The summed E-state index contributed by atoms with van der Waals surface area (Å²) in [5, 5.41) is 0. The number of hydrogen-bond donors (Lipinski definition) is 0. The minimum Gasteiger partial charge on any atom is -0.756 e. The molecule has 0 aromatic carbocycles. The first-order chi connectivity index (χ1) is 35.5. The molecule has 0 aromatic rings. The lowest BCUT2D eigenvalue weighted by molar-refractivity contribution is -0.870. The van der Waals surface area contributed by atoms with Crippen molar-refractivity contribution in [2.75, 3.05) is 47.5 Å². The fourth-order valence-corrected chi connectivity index (χ4v) is 8.52. The Hall–Kier alpha value is -3.07. The number of esters is 2. The summed E-state index contributed by atoms with van der Waals surface area (Å²) in [6.07, 6.45) is 73.2. The number of quaternary nitrogens is 1. The van der Waals surface area contributed by atoms with Gasteiger partial charge in [-0.3, -0.25) is 14.2 Å². The van der Waals surface area contributed by atoms with E-state index in [1.165, 1.54) is 96.3 Å². The SMILES string of the molecule is CC/C=C\C/C=C\C/C=C\C/C=C\C/C=C\C/C=C\CCCCCCCCCCCCCCCCCCC(=O)OC(COC(=O)CCCCCCC/C=C\C/C=C\CCCC)COP(=O)([O-])OCC[N+](C)(C)C. The van der Waals surface area contributed by atoms with Gasteiger partial charge in [0.05, 0.1) is 27.7 Å². The molecule has 9 nitrogen and oxygen atoms in total. The second-order valence-corrected chi connectivity index (χ2v) is 22.0. The molecule has 73 heavy (non-hydrogen) atoms. The van der Waals surface area contributed by atoms with Crippen molar-refractivity contribution in [2.24, 2.45) is 0 Å². The van der Waals surface area contributed by atoms with Gasteiger partial charge in [-0.15, -0.1) is 0 Å². The number of ether oxygens (including phenoxy) is 2. The van der Waals surface area contributed by atoms with Gasteiger partial charge in [-0.1, -0.05) is 233 Å². The zero-order valence-corrected chi connectivity index (χ0v) is 48.4. The first-order valence-electron chi connectivity index (χ1n) is 29.4. The Balaban J connectivity index is 4.05. The summed E-state index contributed by atoms with van der Waals surface area (Å²) in [5.74, 6) is -0.850. The van der Waals surface area contributed by atoms with Crippen molar-refractivity contribution in [1.82, 2.24) is 0 Å². The van der Waals surface area contributed by atoms with Crippen molar-refractivity contribution in [1.29, 1.82) is 0 Å². The zero-order valence-electron chi connectivity index (χ0n) is 47.6. The summed E-state index contributed by atoms with van der Waals surface area (Å²) in [5.41, 5.74) is 0. The third-order valence-corrected chi connectivity index (χ3v) is 13.3. The Morgan fingerprint density at radius 3 is 1.16 bits per heavy atom. The fraction of sp³-hybridized carbons (Fsp3) is 0.714. The van der Waals surface area contributed by atoms with Crippen molar-refractivity contribution in [3.8, 4) is 0 Å². The number of allylic oxidation sites excluding steroid dienone is 16. The lowest BCUT2D eigenvalue weighted by Gasteiger charge is -2.28. The maximum Gasteiger partial charge on any atom is 0.306 e. The molecule has 0 aliphatic heterocycles. The number of hydrogen-bond acceptors (Lipinski definition) is 8. The highest BCUT2D eigenvalue weighted by Gasteiger charge is 2.21. The van der Waals surface area contributed by atoms with Crippen LogP contribution in [0.4, 0.5) is 0 Å². The Morgan fingerprint density at radius 2 is 0.781 bits per heavy atom. The number of phosphoric acid groups is 1. The molecule has 0 aromatic heterocycles. The smallest absolute Gasteiger partial charge is 0.306 e. The zero-order chi connectivity index (χ0) is 53.5. The summed E-state index contributed by atoms with van der Waals surface area (Å²) < 4.78 is 34.1. The molecule has 0 aliphatic carbocycles. The van der Waals surface area contributed by atoms with Crippen LogP contribution < -0.4 is 4.89 Å². The van der Waals surface area contributed by atoms with Crippen LogP contribution in [0.1, 0.15) is 239 Å². The van der Waals surface area contributed by atoms with E-state index in [-0.39, 0.29) is 26.1 Å². The summed E-state index contributed by atoms with van der Waals surface area (Å²) in [7, 11) is 1.15. The Kier molecular flexibility index (Phi) is 51.5. The molecule has 0 saturated carbocycles. The lowest BCUT2D eigenvalue weighted by atomic mass is 10.0. The molecule has 0 heterocycles. The molecule has 0 N–H and O–H groups in total. The van der Waals surface area contributed by atoms with E-state index in [2.05, 4.69) is 111 Å². The van der Waals surface area contributed by atoms with E-state index in [9.17, 15) is 19.0 Å². The van der Waals surface area contributed by atoms with Gasteiger partial charge in [0.2, 0.25) is 0 Å². The van der Waals surface area contributed by atoms with Crippen molar-refractivity contribution in [3.05, 3.63) is 97.2 Å². The first-order valence-corrected chi connectivity index (χ1v) is 30.9. The number of likely N-dealkylation sites (N-methyl/N-ethyl adjacent to an activating group) is 1. The molecule has 2 unspecified atom stereocenters. The van der Waals surface area contributed by atoms with Gasteiger partial charge < -0.3 is 27.9 Å². The normalized spacial score (nSPS) is 14.0. The second kappa shape index (κ2) is 53.7. The molecule has 0 radical (unpaired) electrons. The fourth-order valence-electron chi connectivity index (χ4n) is 7.79. The summed E-state index contributed by atoms with van der Waals surface area (Å²) >= 11 is 0. The molecule has 420 valence electrons. The Labute approximate surface area is 449 Å². The molecule has 0 aliphatic rings. The standard InChI is InChI=1S/C63H110NO8P/c1-6-8-10-12-14-16-18-20-22-23-24-25-26-27-28-29-30-31-32-33-34-35-36-37-38-39-40-41-42-44-46-48-50-52-54-56-63(66)72-61(60-71-73(67,68)70-58-57-64(3,4)5)59-69-62(65)55-53-51-49-47-45-43-21-19-17-15-13-11-9-7-2/h8,10,13-16,19-22,24-25,27-28,30-31,61H,6-7,9,11-12,17-18,23,26,29,32-60H2,1-5H3/b10-8-,15-13-,16-14-,21-19-,22-20-,25-24-,28-27-,31-30-. The largest absolute Gasteiger partial charge is 0.756 e. The number of nitrogens with zero attached hydrogens (tertiary/aromatic N) is 1. The van der Waals surface area contributed by atoms with E-state index >= 15 is 0 Å². The van der Waals surface area contributed by atoms with Crippen molar-refractivity contribution in [3.63, 3.8) is 0 Å². The quantitative estimate of drug-likeness (QED) is 0.0195. The van der Waals surface area contributed by atoms with Crippen LogP contribution in [0.25, 0.3) is 0 Å². The molecule has 10 heteroatoms. The van der Waals surface area contributed by atoms with E-state index in [0.717, 1.165) is 103 Å². The molecule has 0 bridgehead atoms. The van der Waals surface area contributed by atoms with Gasteiger partial charge in [0.15, 0.2) is 6.10 Å². The highest BCUT2D eigenvalue weighted by atomic mass is 31.2. The van der Waals surface area contributed by atoms with Crippen molar-refractivity contribution >= 4 is 19.8 Å². The molecule has 2 atom stereocenters. The van der Waals surface area contributed by atoms with Gasteiger partial charge in [-0.25, -0.2) is 0 Å². The van der Waals surface area contributed by atoms with E-state index < -0.39 is 32.5 Å². The lowest BCUT2D eigenvalue weighted by Crippen LogP contribution is -2.37. The summed E-state index contributed by atoms with van der Waals surface area (Å²) in [6.45, 7) is 4.07. The van der Waals surface area contributed by atoms with Crippen LogP contribution in [0, 0.1) is 0 Å². The minimum absolute atomic E-state index is 0.0360. The van der Waals surface area contributed by atoms with Gasteiger partial charge in [0, 0.05) is 12.8 Å².